The Kier molecular flexibility index (Phi) is 6.53. The number of rotatable bonds is 7. The Morgan fingerprint density at radius 1 is 1.27 bits per heavy atom. The van der Waals surface area contributed by atoms with Crippen molar-refractivity contribution in [3.05, 3.63) is 35.9 Å². The highest BCUT2D eigenvalue weighted by Gasteiger charge is 2.03. The summed E-state index contributed by atoms with van der Waals surface area (Å²) < 4.78 is 0. The van der Waals surface area contributed by atoms with Crippen LogP contribution in [0.4, 0.5) is 0 Å². The summed E-state index contributed by atoms with van der Waals surface area (Å²) in [5, 5.41) is 3.60. The minimum absolute atomic E-state index is 0.670. The van der Waals surface area contributed by atoms with Crippen molar-refractivity contribution in [2.45, 2.75) is 25.8 Å². The van der Waals surface area contributed by atoms with Gasteiger partial charge >= 0.3 is 0 Å². The van der Waals surface area contributed by atoms with Crippen LogP contribution in [0.3, 0.4) is 0 Å². The van der Waals surface area contributed by atoms with Gasteiger partial charge in [0, 0.05) is 11.8 Å². The fourth-order valence-corrected chi connectivity index (χ4v) is 2.34. The van der Waals surface area contributed by atoms with E-state index in [1.807, 2.05) is 11.8 Å². The molecule has 1 atom stereocenters. The smallest absolute Gasteiger partial charge is 0.0155 e. The molecule has 0 aliphatic rings. The SMILES string of the molecule is CCC(CSC)NCCc1ccccc1. The van der Waals surface area contributed by atoms with E-state index in [1.54, 1.807) is 0 Å². The van der Waals surface area contributed by atoms with Gasteiger partial charge in [-0.05, 0) is 31.2 Å². The summed E-state index contributed by atoms with van der Waals surface area (Å²) in [5.41, 5.74) is 1.42. The molecule has 1 aromatic carbocycles. The van der Waals surface area contributed by atoms with E-state index >= 15 is 0 Å². The van der Waals surface area contributed by atoms with Gasteiger partial charge in [0.25, 0.3) is 0 Å². The zero-order chi connectivity index (χ0) is 10.9. The molecule has 1 nitrogen and oxygen atoms in total. The predicted octanol–water partition coefficient (Wildman–Crippen LogP) is 2.96. The quantitative estimate of drug-likeness (QED) is 0.763. The Labute approximate surface area is 97.7 Å². The molecular weight excluding hydrogens is 202 g/mol. The third-order valence-corrected chi connectivity index (χ3v) is 3.29. The van der Waals surface area contributed by atoms with Gasteiger partial charge in [0.15, 0.2) is 0 Å². The van der Waals surface area contributed by atoms with Crippen molar-refractivity contribution < 1.29 is 0 Å². The molecule has 0 aliphatic carbocycles. The van der Waals surface area contributed by atoms with Gasteiger partial charge in [0.05, 0.1) is 0 Å². The Hall–Kier alpha value is -0.470. The van der Waals surface area contributed by atoms with Crippen molar-refractivity contribution in [3.63, 3.8) is 0 Å². The molecule has 0 fully saturated rings. The average Bonchev–Trinajstić information content (AvgIpc) is 2.29. The standard InChI is InChI=1S/C13H21NS/c1-3-13(11-15-2)14-10-9-12-7-5-4-6-8-12/h4-8,13-14H,3,9-11H2,1-2H3. The molecule has 0 amide bonds. The highest BCUT2D eigenvalue weighted by atomic mass is 32.2. The summed E-state index contributed by atoms with van der Waals surface area (Å²) >= 11 is 1.92. The zero-order valence-corrected chi connectivity index (χ0v) is 10.5. The molecule has 0 bridgehead atoms. The molecule has 0 heterocycles. The van der Waals surface area contributed by atoms with E-state index in [0.29, 0.717) is 6.04 Å². The summed E-state index contributed by atoms with van der Waals surface area (Å²) in [6, 6.07) is 11.3. The largest absolute Gasteiger partial charge is 0.313 e. The fraction of sp³-hybridized carbons (Fsp3) is 0.538. The van der Waals surface area contributed by atoms with Crippen molar-refractivity contribution in [2.75, 3.05) is 18.6 Å². The second-order valence-corrected chi connectivity index (χ2v) is 4.66. The minimum Gasteiger partial charge on any atom is -0.313 e. The third-order valence-electron chi connectivity index (χ3n) is 2.55. The Balaban J connectivity index is 2.20. The minimum atomic E-state index is 0.670. The highest BCUT2D eigenvalue weighted by molar-refractivity contribution is 7.98. The summed E-state index contributed by atoms with van der Waals surface area (Å²) in [7, 11) is 0. The Bertz CT molecular complexity index is 248. The summed E-state index contributed by atoms with van der Waals surface area (Å²) in [6.07, 6.45) is 4.52. The molecule has 84 valence electrons. The summed E-state index contributed by atoms with van der Waals surface area (Å²) in [5.74, 6) is 1.21. The average molecular weight is 223 g/mol. The second kappa shape index (κ2) is 7.77. The van der Waals surface area contributed by atoms with Crippen molar-refractivity contribution >= 4 is 11.8 Å². The van der Waals surface area contributed by atoms with Crippen LogP contribution in [0.5, 0.6) is 0 Å². The molecule has 0 saturated carbocycles. The lowest BCUT2D eigenvalue weighted by Crippen LogP contribution is -2.32. The molecule has 1 unspecified atom stereocenters. The maximum absolute atomic E-state index is 3.60. The van der Waals surface area contributed by atoms with Crippen molar-refractivity contribution in [3.8, 4) is 0 Å². The van der Waals surface area contributed by atoms with Crippen LogP contribution in [0.25, 0.3) is 0 Å². The van der Waals surface area contributed by atoms with Crippen molar-refractivity contribution in [2.24, 2.45) is 0 Å². The van der Waals surface area contributed by atoms with Crippen molar-refractivity contribution in [1.29, 1.82) is 0 Å². The van der Waals surface area contributed by atoms with Gasteiger partial charge in [0.1, 0.15) is 0 Å². The lowest BCUT2D eigenvalue weighted by Gasteiger charge is -2.15. The third kappa shape index (κ3) is 5.24. The van der Waals surface area contributed by atoms with Crippen LogP contribution in [0, 0.1) is 0 Å². The maximum atomic E-state index is 3.60. The van der Waals surface area contributed by atoms with Crippen LogP contribution in [0.2, 0.25) is 0 Å². The molecule has 0 saturated heterocycles. The van der Waals surface area contributed by atoms with E-state index in [1.165, 1.54) is 17.7 Å². The molecular formula is C13H21NS. The van der Waals surface area contributed by atoms with Gasteiger partial charge in [-0.1, -0.05) is 37.3 Å². The van der Waals surface area contributed by atoms with Crippen LogP contribution in [0.1, 0.15) is 18.9 Å². The van der Waals surface area contributed by atoms with Crippen LogP contribution in [0.15, 0.2) is 30.3 Å². The second-order valence-electron chi connectivity index (χ2n) is 3.75. The maximum Gasteiger partial charge on any atom is 0.0155 e. The zero-order valence-electron chi connectivity index (χ0n) is 9.70. The monoisotopic (exact) mass is 223 g/mol. The Morgan fingerprint density at radius 3 is 2.60 bits per heavy atom. The van der Waals surface area contributed by atoms with Gasteiger partial charge in [-0.15, -0.1) is 0 Å². The molecule has 0 aromatic heterocycles. The van der Waals surface area contributed by atoms with E-state index in [9.17, 15) is 0 Å². The van der Waals surface area contributed by atoms with Crippen LogP contribution in [-0.4, -0.2) is 24.6 Å². The number of nitrogens with one attached hydrogen (secondary N) is 1. The molecule has 1 N–H and O–H groups in total. The van der Waals surface area contributed by atoms with Crippen LogP contribution in [-0.2, 0) is 6.42 Å². The summed E-state index contributed by atoms with van der Waals surface area (Å²) in [4.78, 5) is 0. The van der Waals surface area contributed by atoms with Gasteiger partial charge in [-0.3, -0.25) is 0 Å². The topological polar surface area (TPSA) is 12.0 Å². The Morgan fingerprint density at radius 2 is 2.00 bits per heavy atom. The first-order valence-electron chi connectivity index (χ1n) is 5.63. The first-order valence-corrected chi connectivity index (χ1v) is 7.02. The van der Waals surface area contributed by atoms with E-state index < -0.39 is 0 Å². The molecule has 1 aromatic rings. The van der Waals surface area contributed by atoms with Gasteiger partial charge in [-0.2, -0.15) is 11.8 Å². The number of hydrogen-bond acceptors (Lipinski definition) is 2. The van der Waals surface area contributed by atoms with E-state index in [4.69, 9.17) is 0 Å². The van der Waals surface area contributed by atoms with Crippen molar-refractivity contribution in [1.82, 2.24) is 5.32 Å². The number of thioether (sulfide) groups is 1. The molecule has 2 heteroatoms. The number of benzene rings is 1. The molecule has 0 spiro atoms. The van der Waals surface area contributed by atoms with Crippen LogP contribution < -0.4 is 5.32 Å². The van der Waals surface area contributed by atoms with Gasteiger partial charge in [0.2, 0.25) is 0 Å². The van der Waals surface area contributed by atoms with Crippen LogP contribution >= 0.6 is 11.8 Å². The lowest BCUT2D eigenvalue weighted by molar-refractivity contribution is 0.544. The predicted molar refractivity (Wildman–Crippen MR) is 70.6 cm³/mol. The first-order chi connectivity index (χ1) is 7.36. The first kappa shape index (κ1) is 12.6. The molecule has 15 heavy (non-hydrogen) atoms. The van der Waals surface area contributed by atoms with E-state index in [2.05, 4.69) is 48.8 Å². The molecule has 0 radical (unpaired) electrons. The van der Waals surface area contributed by atoms with Gasteiger partial charge < -0.3 is 5.32 Å². The molecule has 1 rings (SSSR count). The molecule has 0 aliphatic heterocycles. The lowest BCUT2D eigenvalue weighted by atomic mass is 10.1. The summed E-state index contributed by atoms with van der Waals surface area (Å²) in [6.45, 7) is 3.33. The normalized spacial score (nSPS) is 12.7. The number of hydrogen-bond donors (Lipinski definition) is 1. The van der Waals surface area contributed by atoms with E-state index in [-0.39, 0.29) is 0 Å². The van der Waals surface area contributed by atoms with E-state index in [0.717, 1.165) is 13.0 Å². The fourth-order valence-electron chi connectivity index (χ4n) is 1.59. The highest BCUT2D eigenvalue weighted by Crippen LogP contribution is 2.02. The van der Waals surface area contributed by atoms with Gasteiger partial charge in [-0.25, -0.2) is 0 Å².